The van der Waals surface area contributed by atoms with Crippen molar-refractivity contribution in [3.05, 3.63) is 0 Å². The van der Waals surface area contributed by atoms with E-state index >= 15 is 0 Å². The molecule has 15 heavy (non-hydrogen) atoms. The van der Waals surface area contributed by atoms with Crippen LogP contribution in [0.25, 0.3) is 0 Å². The lowest BCUT2D eigenvalue weighted by Crippen LogP contribution is -2.51. The van der Waals surface area contributed by atoms with Crippen LogP contribution in [-0.4, -0.2) is 54.3 Å². The highest BCUT2D eigenvalue weighted by atomic mass is 35.5. The Hall–Kier alpha value is 0.0300. The fraction of sp³-hybridized carbons (Fsp3) is 0.889. The van der Waals surface area contributed by atoms with Crippen molar-refractivity contribution in [2.75, 3.05) is 31.3 Å². The minimum atomic E-state index is 0. The third kappa shape index (κ3) is 3.24. The van der Waals surface area contributed by atoms with Gasteiger partial charge >= 0.3 is 0 Å². The lowest BCUT2D eigenvalue weighted by Gasteiger charge is -2.32. The molecule has 2 rings (SSSR count). The Kier molecular flexibility index (Phi) is 5.18. The molecule has 0 aromatic carbocycles. The van der Waals surface area contributed by atoms with E-state index in [0.29, 0.717) is 6.61 Å². The lowest BCUT2D eigenvalue weighted by atomic mass is 10.2. The molecule has 1 amide bonds. The number of morpholine rings is 1. The molecule has 2 fully saturated rings. The Morgan fingerprint density at radius 1 is 1.60 bits per heavy atom. The standard InChI is InChI=1S/C9H16N2O2S.ClH/c1-7-4-11(2-3-13-7)9(12)8-5-14-6-10-8;/h7-8,10H,2-6H2,1H3;1H/t7?,8-;/m1./s1. The summed E-state index contributed by atoms with van der Waals surface area (Å²) in [7, 11) is 0. The van der Waals surface area contributed by atoms with Gasteiger partial charge in [0.1, 0.15) is 0 Å². The van der Waals surface area contributed by atoms with E-state index in [1.807, 2.05) is 11.8 Å². The predicted molar refractivity (Wildman–Crippen MR) is 63.5 cm³/mol. The SMILES string of the molecule is CC1CN(C(=O)[C@H]2CSCN2)CCO1.Cl. The number of nitrogens with one attached hydrogen (secondary N) is 1. The van der Waals surface area contributed by atoms with E-state index in [1.54, 1.807) is 11.8 Å². The van der Waals surface area contributed by atoms with Crippen molar-refractivity contribution in [3.8, 4) is 0 Å². The summed E-state index contributed by atoms with van der Waals surface area (Å²) in [5, 5.41) is 3.20. The lowest BCUT2D eigenvalue weighted by molar-refractivity contribution is -0.139. The maximum Gasteiger partial charge on any atom is 0.240 e. The van der Waals surface area contributed by atoms with Crippen LogP contribution in [0.2, 0.25) is 0 Å². The fourth-order valence-corrected chi connectivity index (χ4v) is 2.73. The summed E-state index contributed by atoms with van der Waals surface area (Å²) in [5.74, 6) is 2.05. The van der Waals surface area contributed by atoms with Crippen LogP contribution in [-0.2, 0) is 9.53 Å². The molecule has 6 heteroatoms. The molecule has 0 aliphatic carbocycles. The second-order valence-corrected chi connectivity index (χ2v) is 4.77. The van der Waals surface area contributed by atoms with Gasteiger partial charge in [-0.15, -0.1) is 24.2 Å². The zero-order valence-corrected chi connectivity index (χ0v) is 10.4. The van der Waals surface area contributed by atoms with E-state index < -0.39 is 0 Å². The summed E-state index contributed by atoms with van der Waals surface area (Å²) >= 11 is 1.79. The number of halogens is 1. The van der Waals surface area contributed by atoms with Gasteiger partial charge < -0.3 is 9.64 Å². The van der Waals surface area contributed by atoms with Gasteiger partial charge in [0, 0.05) is 24.7 Å². The maximum absolute atomic E-state index is 11.9. The molecule has 2 saturated heterocycles. The average molecular weight is 253 g/mol. The number of amides is 1. The zero-order valence-electron chi connectivity index (χ0n) is 8.77. The molecule has 2 aliphatic heterocycles. The Bertz CT molecular complexity index is 224. The van der Waals surface area contributed by atoms with Gasteiger partial charge in [-0.25, -0.2) is 0 Å². The fourth-order valence-electron chi connectivity index (χ4n) is 1.79. The Morgan fingerprint density at radius 3 is 3.00 bits per heavy atom. The summed E-state index contributed by atoms with van der Waals surface area (Å²) in [6.45, 7) is 4.16. The summed E-state index contributed by atoms with van der Waals surface area (Å²) in [6.07, 6.45) is 0.182. The number of carbonyl (C=O) groups excluding carboxylic acids is 1. The van der Waals surface area contributed by atoms with Crippen molar-refractivity contribution in [3.63, 3.8) is 0 Å². The molecule has 0 aromatic rings. The number of thioether (sulfide) groups is 1. The van der Waals surface area contributed by atoms with E-state index in [9.17, 15) is 4.79 Å². The first-order valence-corrected chi connectivity index (χ1v) is 6.14. The van der Waals surface area contributed by atoms with Crippen LogP contribution in [0, 0.1) is 0 Å². The van der Waals surface area contributed by atoms with Crippen LogP contribution >= 0.6 is 24.2 Å². The molecule has 0 aromatic heterocycles. The highest BCUT2D eigenvalue weighted by Crippen LogP contribution is 2.13. The first-order chi connectivity index (χ1) is 6.77. The second kappa shape index (κ2) is 5.94. The van der Waals surface area contributed by atoms with Gasteiger partial charge in [0.15, 0.2) is 0 Å². The second-order valence-electron chi connectivity index (χ2n) is 3.74. The minimum Gasteiger partial charge on any atom is -0.375 e. The quantitative estimate of drug-likeness (QED) is 0.730. The van der Waals surface area contributed by atoms with E-state index in [4.69, 9.17) is 4.74 Å². The summed E-state index contributed by atoms with van der Waals surface area (Å²) in [5.41, 5.74) is 0. The van der Waals surface area contributed by atoms with Crippen molar-refractivity contribution >= 4 is 30.1 Å². The molecule has 2 heterocycles. The van der Waals surface area contributed by atoms with Crippen LogP contribution in [0.1, 0.15) is 6.92 Å². The molecule has 0 bridgehead atoms. The number of hydrogen-bond donors (Lipinski definition) is 1. The zero-order chi connectivity index (χ0) is 9.97. The third-order valence-electron chi connectivity index (χ3n) is 2.57. The highest BCUT2D eigenvalue weighted by molar-refractivity contribution is 7.99. The van der Waals surface area contributed by atoms with Crippen LogP contribution in [0.3, 0.4) is 0 Å². The molecule has 0 saturated carbocycles. The molecular formula is C9H17ClN2O2S. The van der Waals surface area contributed by atoms with Crippen LogP contribution in [0.15, 0.2) is 0 Å². The van der Waals surface area contributed by atoms with Crippen LogP contribution in [0.4, 0.5) is 0 Å². The number of carbonyl (C=O) groups is 1. The highest BCUT2D eigenvalue weighted by Gasteiger charge is 2.29. The van der Waals surface area contributed by atoms with E-state index in [2.05, 4.69) is 5.32 Å². The van der Waals surface area contributed by atoms with Gasteiger partial charge in [0.05, 0.1) is 18.8 Å². The first-order valence-electron chi connectivity index (χ1n) is 4.99. The smallest absolute Gasteiger partial charge is 0.240 e. The first kappa shape index (κ1) is 13.1. The van der Waals surface area contributed by atoms with Crippen molar-refractivity contribution in [1.29, 1.82) is 0 Å². The molecule has 2 aliphatic rings. The molecule has 1 unspecified atom stereocenters. The summed E-state index contributed by atoms with van der Waals surface area (Å²) in [6, 6.07) is 0.0327. The minimum absolute atomic E-state index is 0. The third-order valence-corrected chi connectivity index (χ3v) is 3.51. The van der Waals surface area contributed by atoms with Gasteiger partial charge in [0.2, 0.25) is 5.91 Å². The molecule has 1 N–H and O–H groups in total. The van der Waals surface area contributed by atoms with E-state index in [-0.39, 0.29) is 30.5 Å². The number of hydrogen-bond acceptors (Lipinski definition) is 4. The van der Waals surface area contributed by atoms with Crippen LogP contribution < -0.4 is 5.32 Å². The van der Waals surface area contributed by atoms with E-state index in [1.165, 1.54) is 0 Å². The number of nitrogens with zero attached hydrogens (tertiary/aromatic N) is 1. The van der Waals surface area contributed by atoms with Gasteiger partial charge in [-0.05, 0) is 6.92 Å². The monoisotopic (exact) mass is 252 g/mol. The van der Waals surface area contributed by atoms with Crippen molar-refractivity contribution in [2.45, 2.75) is 19.1 Å². The van der Waals surface area contributed by atoms with Crippen molar-refractivity contribution in [2.24, 2.45) is 0 Å². The Balaban J connectivity index is 0.00000112. The molecule has 4 nitrogen and oxygen atoms in total. The van der Waals surface area contributed by atoms with E-state index in [0.717, 1.165) is 24.7 Å². The molecule has 0 spiro atoms. The molecule has 88 valence electrons. The number of ether oxygens (including phenoxy) is 1. The number of rotatable bonds is 1. The van der Waals surface area contributed by atoms with Crippen LogP contribution in [0.5, 0.6) is 0 Å². The summed E-state index contributed by atoms with van der Waals surface area (Å²) in [4.78, 5) is 13.9. The van der Waals surface area contributed by atoms with Crippen molar-refractivity contribution in [1.82, 2.24) is 10.2 Å². The Morgan fingerprint density at radius 2 is 2.40 bits per heavy atom. The van der Waals surface area contributed by atoms with Gasteiger partial charge in [-0.2, -0.15) is 0 Å². The summed E-state index contributed by atoms with van der Waals surface area (Å²) < 4.78 is 5.40. The molecule has 0 radical (unpaired) electrons. The Labute approximate surface area is 101 Å². The maximum atomic E-state index is 11.9. The normalized spacial score (nSPS) is 31.1. The van der Waals surface area contributed by atoms with Gasteiger partial charge in [-0.1, -0.05) is 0 Å². The predicted octanol–water partition coefficient (Wildman–Crippen LogP) is 0.318. The van der Waals surface area contributed by atoms with Gasteiger partial charge in [0.25, 0.3) is 0 Å². The van der Waals surface area contributed by atoms with Crippen molar-refractivity contribution < 1.29 is 9.53 Å². The molecule has 2 atom stereocenters. The topological polar surface area (TPSA) is 41.6 Å². The largest absolute Gasteiger partial charge is 0.375 e. The average Bonchev–Trinajstić information content (AvgIpc) is 2.69. The molecular weight excluding hydrogens is 236 g/mol. The van der Waals surface area contributed by atoms with Gasteiger partial charge in [-0.3, -0.25) is 10.1 Å².